The van der Waals surface area contributed by atoms with Crippen molar-refractivity contribution < 1.29 is 9.53 Å². The van der Waals surface area contributed by atoms with Crippen molar-refractivity contribution in [3.63, 3.8) is 0 Å². The zero-order valence-electron chi connectivity index (χ0n) is 15.2. The van der Waals surface area contributed by atoms with Gasteiger partial charge >= 0.3 is 0 Å². The van der Waals surface area contributed by atoms with Gasteiger partial charge in [0.15, 0.2) is 0 Å². The van der Waals surface area contributed by atoms with Crippen LogP contribution in [-0.4, -0.2) is 39.5 Å². The lowest BCUT2D eigenvalue weighted by atomic mass is 10.1. The molecule has 2 aromatic heterocycles. The molecule has 1 amide bonds. The van der Waals surface area contributed by atoms with E-state index in [1.165, 1.54) is 0 Å². The van der Waals surface area contributed by atoms with Crippen LogP contribution in [0.4, 0.5) is 0 Å². The van der Waals surface area contributed by atoms with Crippen LogP contribution in [0.15, 0.2) is 54.9 Å². The van der Waals surface area contributed by atoms with Crippen LogP contribution in [-0.2, 0) is 13.1 Å². The Morgan fingerprint density at radius 1 is 1.19 bits per heavy atom. The molecule has 0 fully saturated rings. The fourth-order valence-electron chi connectivity index (χ4n) is 2.76. The second-order valence-corrected chi connectivity index (χ2v) is 5.93. The van der Waals surface area contributed by atoms with Gasteiger partial charge < -0.3 is 14.2 Å². The van der Waals surface area contributed by atoms with Gasteiger partial charge in [0.05, 0.1) is 19.3 Å². The Morgan fingerprint density at radius 2 is 1.96 bits per heavy atom. The fraction of sp³-hybridized carbons (Fsp3) is 0.250. The summed E-state index contributed by atoms with van der Waals surface area (Å²) in [6.45, 7) is 3.36. The first-order valence-corrected chi connectivity index (χ1v) is 8.49. The van der Waals surface area contributed by atoms with Crippen LogP contribution in [0.3, 0.4) is 0 Å². The standard InChI is InChI=1S/C20H22N4O2/c1-4-24-13-12-21-18(24)14-23(2)20(25)16-10-8-15(9-11-16)17-6-5-7-19(22-17)26-3/h5-13H,4,14H2,1-3H3. The summed E-state index contributed by atoms with van der Waals surface area (Å²) in [6.07, 6.45) is 3.68. The zero-order valence-corrected chi connectivity index (χ0v) is 15.2. The van der Waals surface area contributed by atoms with Crippen molar-refractivity contribution in [1.29, 1.82) is 0 Å². The minimum Gasteiger partial charge on any atom is -0.481 e. The van der Waals surface area contributed by atoms with E-state index in [0.717, 1.165) is 23.6 Å². The van der Waals surface area contributed by atoms with Crippen molar-refractivity contribution >= 4 is 5.91 Å². The van der Waals surface area contributed by atoms with Gasteiger partial charge in [-0.25, -0.2) is 9.97 Å². The molecule has 26 heavy (non-hydrogen) atoms. The van der Waals surface area contributed by atoms with E-state index in [1.54, 1.807) is 31.3 Å². The molecular formula is C20H22N4O2. The van der Waals surface area contributed by atoms with Crippen molar-refractivity contribution in [2.45, 2.75) is 20.0 Å². The summed E-state index contributed by atoms with van der Waals surface area (Å²) in [4.78, 5) is 23.1. The molecule has 0 aliphatic carbocycles. The summed E-state index contributed by atoms with van der Waals surface area (Å²) in [5, 5.41) is 0. The fourth-order valence-corrected chi connectivity index (χ4v) is 2.76. The number of ether oxygens (including phenoxy) is 1. The number of imidazole rings is 1. The number of aryl methyl sites for hydroxylation is 1. The molecule has 0 atom stereocenters. The molecule has 3 rings (SSSR count). The highest BCUT2D eigenvalue weighted by molar-refractivity contribution is 5.94. The lowest BCUT2D eigenvalue weighted by molar-refractivity contribution is 0.0780. The number of pyridine rings is 1. The third-order valence-corrected chi connectivity index (χ3v) is 4.23. The second-order valence-electron chi connectivity index (χ2n) is 5.93. The summed E-state index contributed by atoms with van der Waals surface area (Å²) >= 11 is 0. The van der Waals surface area contributed by atoms with Crippen molar-refractivity contribution in [2.24, 2.45) is 0 Å². The Bertz CT molecular complexity index is 887. The predicted octanol–water partition coefficient (Wildman–Crippen LogP) is 3.25. The maximum absolute atomic E-state index is 12.7. The van der Waals surface area contributed by atoms with E-state index >= 15 is 0 Å². The van der Waals surface area contributed by atoms with Gasteiger partial charge in [-0.2, -0.15) is 0 Å². The van der Waals surface area contributed by atoms with Crippen molar-refractivity contribution in [3.05, 3.63) is 66.2 Å². The molecule has 134 valence electrons. The van der Waals surface area contributed by atoms with Crippen LogP contribution in [0, 0.1) is 0 Å². The number of methoxy groups -OCH3 is 1. The van der Waals surface area contributed by atoms with E-state index in [1.807, 2.05) is 47.2 Å². The van der Waals surface area contributed by atoms with Crippen LogP contribution >= 0.6 is 0 Å². The molecule has 0 saturated carbocycles. The van der Waals surface area contributed by atoms with Gasteiger partial charge in [0, 0.05) is 43.2 Å². The van der Waals surface area contributed by atoms with E-state index in [2.05, 4.69) is 16.9 Å². The van der Waals surface area contributed by atoms with Crippen molar-refractivity contribution in [3.8, 4) is 17.1 Å². The lowest BCUT2D eigenvalue weighted by Crippen LogP contribution is -2.27. The minimum absolute atomic E-state index is 0.0409. The summed E-state index contributed by atoms with van der Waals surface area (Å²) in [6, 6.07) is 13.0. The molecule has 2 heterocycles. The van der Waals surface area contributed by atoms with Gasteiger partial charge in [0.25, 0.3) is 5.91 Å². The summed E-state index contributed by atoms with van der Waals surface area (Å²) in [7, 11) is 3.38. The van der Waals surface area contributed by atoms with E-state index in [9.17, 15) is 4.79 Å². The van der Waals surface area contributed by atoms with Crippen LogP contribution in [0.5, 0.6) is 5.88 Å². The van der Waals surface area contributed by atoms with Gasteiger partial charge in [-0.3, -0.25) is 4.79 Å². The van der Waals surface area contributed by atoms with Crippen LogP contribution < -0.4 is 4.74 Å². The highest BCUT2D eigenvalue weighted by atomic mass is 16.5. The van der Waals surface area contributed by atoms with Gasteiger partial charge in [-0.1, -0.05) is 18.2 Å². The predicted molar refractivity (Wildman–Crippen MR) is 99.9 cm³/mol. The summed E-state index contributed by atoms with van der Waals surface area (Å²) in [5.41, 5.74) is 2.38. The molecule has 3 aromatic rings. The molecular weight excluding hydrogens is 328 g/mol. The van der Waals surface area contributed by atoms with Crippen molar-refractivity contribution in [2.75, 3.05) is 14.2 Å². The maximum Gasteiger partial charge on any atom is 0.254 e. The number of aromatic nitrogens is 3. The van der Waals surface area contributed by atoms with Gasteiger partial charge in [-0.05, 0) is 25.1 Å². The molecule has 0 spiro atoms. The zero-order chi connectivity index (χ0) is 18.5. The van der Waals surface area contributed by atoms with Gasteiger partial charge in [-0.15, -0.1) is 0 Å². The van der Waals surface area contributed by atoms with Crippen LogP contribution in [0.2, 0.25) is 0 Å². The quantitative estimate of drug-likeness (QED) is 0.685. The summed E-state index contributed by atoms with van der Waals surface area (Å²) in [5.74, 6) is 1.40. The number of hydrogen-bond acceptors (Lipinski definition) is 4. The van der Waals surface area contributed by atoms with Crippen LogP contribution in [0.1, 0.15) is 23.1 Å². The molecule has 0 radical (unpaired) electrons. The lowest BCUT2D eigenvalue weighted by Gasteiger charge is -2.17. The average molecular weight is 350 g/mol. The van der Waals surface area contributed by atoms with Crippen molar-refractivity contribution in [1.82, 2.24) is 19.4 Å². The number of hydrogen-bond donors (Lipinski definition) is 0. The topological polar surface area (TPSA) is 60.2 Å². The monoisotopic (exact) mass is 350 g/mol. The Hall–Kier alpha value is -3.15. The van der Waals surface area contributed by atoms with Gasteiger partial charge in [0.1, 0.15) is 5.82 Å². The maximum atomic E-state index is 12.7. The SMILES string of the molecule is CCn1ccnc1CN(C)C(=O)c1ccc(-c2cccc(OC)n2)cc1. The highest BCUT2D eigenvalue weighted by Crippen LogP contribution is 2.20. The van der Waals surface area contributed by atoms with E-state index in [0.29, 0.717) is 18.0 Å². The molecule has 0 aliphatic heterocycles. The molecule has 6 heteroatoms. The molecule has 0 unspecified atom stereocenters. The highest BCUT2D eigenvalue weighted by Gasteiger charge is 2.14. The first-order chi connectivity index (χ1) is 12.6. The van der Waals surface area contributed by atoms with E-state index in [-0.39, 0.29) is 5.91 Å². The first kappa shape index (κ1) is 17.7. The van der Waals surface area contributed by atoms with E-state index in [4.69, 9.17) is 4.74 Å². The first-order valence-electron chi connectivity index (χ1n) is 8.49. The number of rotatable bonds is 6. The molecule has 0 aliphatic rings. The normalized spacial score (nSPS) is 10.6. The van der Waals surface area contributed by atoms with Crippen LogP contribution in [0.25, 0.3) is 11.3 Å². The third-order valence-electron chi connectivity index (χ3n) is 4.23. The number of benzene rings is 1. The van der Waals surface area contributed by atoms with E-state index < -0.39 is 0 Å². The Labute approximate surface area is 153 Å². The second kappa shape index (κ2) is 7.82. The Balaban J connectivity index is 1.74. The Morgan fingerprint density at radius 3 is 2.65 bits per heavy atom. The molecule has 0 N–H and O–H groups in total. The smallest absolute Gasteiger partial charge is 0.254 e. The molecule has 0 saturated heterocycles. The Kier molecular flexibility index (Phi) is 5.31. The van der Waals surface area contributed by atoms with Gasteiger partial charge in [0.2, 0.25) is 5.88 Å². The number of nitrogens with zero attached hydrogens (tertiary/aromatic N) is 4. The number of amides is 1. The molecule has 1 aromatic carbocycles. The largest absolute Gasteiger partial charge is 0.481 e. The summed E-state index contributed by atoms with van der Waals surface area (Å²) < 4.78 is 7.19. The number of carbonyl (C=O) groups excluding carboxylic acids is 1. The molecule has 6 nitrogen and oxygen atoms in total. The minimum atomic E-state index is -0.0409. The average Bonchev–Trinajstić information content (AvgIpc) is 3.14. The molecule has 0 bridgehead atoms. The number of carbonyl (C=O) groups is 1. The third kappa shape index (κ3) is 3.74.